The van der Waals surface area contributed by atoms with Crippen LogP contribution in [0.25, 0.3) is 11.8 Å². The molecule has 1 aromatic heterocycles. The molecule has 2 N–H and O–H groups in total. The Bertz CT molecular complexity index is 1710. The topological polar surface area (TPSA) is 149 Å². The summed E-state index contributed by atoms with van der Waals surface area (Å²) in [5.74, 6) is -2.41. The number of carboxylic acid groups (broad SMARTS) is 1. The molecule has 1 atom stereocenters. The molecule has 0 saturated carbocycles. The first-order chi connectivity index (χ1) is 21.3. The van der Waals surface area contributed by atoms with E-state index in [4.69, 9.17) is 21.1 Å². The van der Waals surface area contributed by atoms with Crippen LogP contribution in [0.1, 0.15) is 33.1 Å². The number of nitrogens with zero attached hydrogens (tertiary/aromatic N) is 5. The number of hydrogen-bond donors (Lipinski definition) is 2. The average Bonchev–Trinajstić information content (AvgIpc) is 3.56. The highest BCUT2D eigenvalue weighted by Crippen LogP contribution is 2.36. The lowest BCUT2D eigenvalue weighted by Gasteiger charge is -2.36. The third-order valence-corrected chi connectivity index (χ3v) is 7.24. The molecule has 1 aliphatic heterocycles. The van der Waals surface area contributed by atoms with Crippen molar-refractivity contribution in [2.45, 2.75) is 12.5 Å². The van der Waals surface area contributed by atoms with Gasteiger partial charge in [-0.3, -0.25) is 9.59 Å². The van der Waals surface area contributed by atoms with Gasteiger partial charge in [-0.05, 0) is 71.0 Å². The van der Waals surface area contributed by atoms with Crippen molar-refractivity contribution in [2.24, 2.45) is 0 Å². The maximum atomic E-state index is 15.1. The van der Waals surface area contributed by atoms with E-state index in [2.05, 4.69) is 20.8 Å². The number of anilines is 1. The summed E-state index contributed by atoms with van der Waals surface area (Å²) in [4.78, 5) is 40.1. The molecule has 1 unspecified atom stereocenters. The second kappa shape index (κ2) is 13.4. The number of fused-ring (bicyclic) bond motifs is 1. The number of benzene rings is 3. The third-order valence-electron chi connectivity index (χ3n) is 6.95. The number of carbonyl (C=O) groups excluding carboxylic acids is 2. The minimum Gasteiger partial charge on any atom is -0.491 e. The molecule has 0 fully saturated rings. The summed E-state index contributed by atoms with van der Waals surface area (Å²) in [6.07, 6.45) is 4.09. The second-order valence-corrected chi connectivity index (χ2v) is 10.0. The van der Waals surface area contributed by atoms with Crippen molar-refractivity contribution in [3.8, 4) is 11.4 Å². The van der Waals surface area contributed by atoms with Gasteiger partial charge < -0.3 is 24.8 Å². The molecule has 5 rings (SSSR count). The summed E-state index contributed by atoms with van der Waals surface area (Å²) >= 11 is 6.03. The number of aromatic nitrogens is 4. The number of aromatic carboxylic acids is 1. The molecule has 226 valence electrons. The van der Waals surface area contributed by atoms with Gasteiger partial charge in [-0.2, -0.15) is 4.68 Å². The lowest BCUT2D eigenvalue weighted by molar-refractivity contribution is -0.135. The van der Waals surface area contributed by atoms with Gasteiger partial charge in [0.25, 0.3) is 5.91 Å². The molecule has 0 radical (unpaired) electrons. The van der Waals surface area contributed by atoms with Crippen LogP contribution in [0, 0.1) is 5.82 Å². The van der Waals surface area contributed by atoms with Crippen LogP contribution in [0.2, 0.25) is 5.02 Å². The van der Waals surface area contributed by atoms with E-state index in [-0.39, 0.29) is 28.4 Å². The number of tetrazole rings is 1. The average molecular weight is 621 g/mol. The predicted molar refractivity (Wildman–Crippen MR) is 157 cm³/mol. The first-order valence-electron chi connectivity index (χ1n) is 13.4. The van der Waals surface area contributed by atoms with E-state index >= 15 is 4.39 Å². The number of halogens is 2. The SMILES string of the molecule is COCCOc1cccc2c1CCN(C(=O)C=Cc1c(-n3cnnn3)ccc(Cl)c1F)C2C(=O)Nc1ccc(C(=O)O)cc1. The van der Waals surface area contributed by atoms with Gasteiger partial charge in [-0.1, -0.05) is 23.7 Å². The number of carbonyl (C=O) groups is 3. The summed E-state index contributed by atoms with van der Waals surface area (Å²) in [5, 5.41) is 22.8. The summed E-state index contributed by atoms with van der Waals surface area (Å²) in [7, 11) is 1.56. The zero-order chi connectivity index (χ0) is 31.2. The fourth-order valence-electron chi connectivity index (χ4n) is 4.87. The zero-order valence-corrected chi connectivity index (χ0v) is 24.1. The van der Waals surface area contributed by atoms with Crippen LogP contribution in [0.15, 0.2) is 67.0 Å². The lowest BCUT2D eigenvalue weighted by atomic mass is 9.90. The van der Waals surface area contributed by atoms with E-state index in [1.54, 1.807) is 25.3 Å². The molecule has 0 aliphatic carbocycles. The van der Waals surface area contributed by atoms with Crippen molar-refractivity contribution >= 4 is 41.1 Å². The third kappa shape index (κ3) is 6.43. The van der Waals surface area contributed by atoms with Gasteiger partial charge in [0.15, 0.2) is 5.82 Å². The first kappa shape index (κ1) is 30.3. The molecule has 0 spiro atoms. The van der Waals surface area contributed by atoms with Crippen LogP contribution in [0.5, 0.6) is 5.75 Å². The fraction of sp³-hybridized carbons (Fsp3) is 0.200. The summed E-state index contributed by atoms with van der Waals surface area (Å²) in [5.41, 5.74) is 1.94. The van der Waals surface area contributed by atoms with Gasteiger partial charge >= 0.3 is 5.97 Å². The molecule has 44 heavy (non-hydrogen) atoms. The molecule has 14 heteroatoms. The van der Waals surface area contributed by atoms with Crippen LogP contribution in [0.4, 0.5) is 10.1 Å². The van der Waals surface area contributed by atoms with Crippen molar-refractivity contribution in [2.75, 3.05) is 32.2 Å². The number of nitrogens with one attached hydrogen (secondary N) is 1. The Morgan fingerprint density at radius 3 is 2.64 bits per heavy atom. The maximum Gasteiger partial charge on any atom is 0.335 e. The molecular weight excluding hydrogens is 595 g/mol. The fourth-order valence-corrected chi connectivity index (χ4v) is 5.03. The van der Waals surface area contributed by atoms with E-state index in [0.717, 1.165) is 11.6 Å². The lowest BCUT2D eigenvalue weighted by Crippen LogP contribution is -2.44. The summed E-state index contributed by atoms with van der Waals surface area (Å²) in [6.45, 7) is 0.802. The van der Waals surface area contributed by atoms with E-state index < -0.39 is 29.6 Å². The number of methoxy groups -OCH3 is 1. The Morgan fingerprint density at radius 2 is 1.93 bits per heavy atom. The highest BCUT2D eigenvalue weighted by Gasteiger charge is 2.36. The Hall–Kier alpha value is -5.14. The highest BCUT2D eigenvalue weighted by atomic mass is 35.5. The van der Waals surface area contributed by atoms with Gasteiger partial charge in [0.1, 0.15) is 24.7 Å². The van der Waals surface area contributed by atoms with E-state index in [0.29, 0.717) is 36.6 Å². The number of hydrogen-bond acceptors (Lipinski definition) is 8. The van der Waals surface area contributed by atoms with E-state index in [9.17, 15) is 19.5 Å². The number of rotatable bonds is 10. The van der Waals surface area contributed by atoms with Gasteiger partial charge in [-0.15, -0.1) is 5.10 Å². The van der Waals surface area contributed by atoms with Crippen LogP contribution >= 0.6 is 11.6 Å². The van der Waals surface area contributed by atoms with Gasteiger partial charge in [0, 0.05) is 36.5 Å². The largest absolute Gasteiger partial charge is 0.491 e. The van der Waals surface area contributed by atoms with Crippen LogP contribution in [-0.4, -0.2) is 74.9 Å². The number of ether oxygens (including phenoxy) is 2. The number of carboxylic acids is 1. The monoisotopic (exact) mass is 620 g/mol. The minimum absolute atomic E-state index is 0.0242. The summed E-state index contributed by atoms with van der Waals surface area (Å²) in [6, 6.07) is 12.7. The van der Waals surface area contributed by atoms with Crippen LogP contribution < -0.4 is 10.1 Å². The minimum atomic E-state index is -1.10. The van der Waals surface area contributed by atoms with Crippen molar-refractivity contribution in [3.05, 3.63) is 100 Å². The molecule has 3 aromatic carbocycles. The number of amides is 2. The Kier molecular flexibility index (Phi) is 9.26. The molecule has 12 nitrogen and oxygen atoms in total. The van der Waals surface area contributed by atoms with Crippen LogP contribution in [0.3, 0.4) is 0 Å². The maximum absolute atomic E-state index is 15.1. The van der Waals surface area contributed by atoms with Crippen molar-refractivity contribution in [3.63, 3.8) is 0 Å². The molecule has 0 bridgehead atoms. The van der Waals surface area contributed by atoms with Crippen LogP contribution in [-0.2, 0) is 20.7 Å². The molecular formula is C30H26ClFN6O6. The molecule has 4 aromatic rings. The van der Waals surface area contributed by atoms with Crippen molar-refractivity contribution in [1.82, 2.24) is 25.1 Å². The zero-order valence-electron chi connectivity index (χ0n) is 23.3. The molecule has 2 heterocycles. The van der Waals surface area contributed by atoms with Gasteiger partial charge in [0.2, 0.25) is 5.91 Å². The summed E-state index contributed by atoms with van der Waals surface area (Å²) < 4.78 is 27.3. The van der Waals surface area contributed by atoms with Crippen molar-refractivity contribution in [1.29, 1.82) is 0 Å². The smallest absolute Gasteiger partial charge is 0.335 e. The van der Waals surface area contributed by atoms with Crippen molar-refractivity contribution < 1.29 is 33.4 Å². The second-order valence-electron chi connectivity index (χ2n) is 9.60. The Balaban J connectivity index is 1.49. The molecule has 2 amide bonds. The Labute approximate surface area is 255 Å². The van der Waals surface area contributed by atoms with E-state index in [1.165, 1.54) is 58.4 Å². The predicted octanol–water partition coefficient (Wildman–Crippen LogP) is 3.96. The first-order valence-corrected chi connectivity index (χ1v) is 13.7. The normalized spacial score (nSPS) is 14.3. The quantitative estimate of drug-likeness (QED) is 0.198. The van der Waals surface area contributed by atoms with E-state index in [1.807, 2.05) is 0 Å². The highest BCUT2D eigenvalue weighted by molar-refractivity contribution is 6.31. The standard InChI is InChI=1S/C30H26ClFN6O6/c1-43-15-16-44-25-4-2-3-21-20(25)13-14-37(28(21)29(40)34-19-7-5-18(6-8-19)30(41)42)26(39)12-9-22-24(38-17-33-35-36-38)11-10-23(31)27(22)32/h2-12,17,28H,13-16H2,1H3,(H,34,40)(H,41,42). The van der Waals surface area contributed by atoms with Gasteiger partial charge in [0.05, 0.1) is 22.9 Å². The molecule has 1 aliphatic rings. The Morgan fingerprint density at radius 1 is 1.14 bits per heavy atom. The van der Waals surface area contributed by atoms with Gasteiger partial charge in [-0.25, -0.2) is 9.18 Å². The molecule has 0 saturated heterocycles.